The van der Waals surface area contributed by atoms with Crippen LogP contribution in [0.2, 0.25) is 0 Å². The van der Waals surface area contributed by atoms with Crippen molar-refractivity contribution in [3.05, 3.63) is 16.2 Å². The fourth-order valence-corrected chi connectivity index (χ4v) is 4.00. The highest BCUT2D eigenvalue weighted by Crippen LogP contribution is 2.34. The summed E-state index contributed by atoms with van der Waals surface area (Å²) in [6.45, 7) is 6.49. The molecule has 0 bridgehead atoms. The normalized spacial score (nSPS) is 17.7. The maximum Gasteiger partial charge on any atom is 0.280 e. The molecule has 0 spiro atoms. The van der Waals surface area contributed by atoms with Crippen molar-refractivity contribution in [2.24, 2.45) is 0 Å². The molecule has 7 nitrogen and oxygen atoms in total. The zero-order chi connectivity index (χ0) is 16.7. The van der Waals surface area contributed by atoms with Gasteiger partial charge in [0.1, 0.15) is 5.69 Å². The number of fused-ring (bicyclic) bond motifs is 3. The smallest absolute Gasteiger partial charge is 0.280 e. The van der Waals surface area contributed by atoms with E-state index in [0.29, 0.717) is 30.6 Å². The van der Waals surface area contributed by atoms with Crippen molar-refractivity contribution in [1.82, 2.24) is 19.2 Å². The summed E-state index contributed by atoms with van der Waals surface area (Å²) in [6, 6.07) is 0. The van der Waals surface area contributed by atoms with E-state index >= 15 is 0 Å². The molecule has 1 aliphatic carbocycles. The molecule has 130 valence electrons. The first-order valence-corrected chi connectivity index (χ1v) is 9.26. The maximum absolute atomic E-state index is 12.9. The largest absolute Gasteiger partial charge is 0.360 e. The highest BCUT2D eigenvalue weighted by atomic mass is 16.1. The number of rotatable bonds is 5. The molecule has 1 saturated carbocycles. The summed E-state index contributed by atoms with van der Waals surface area (Å²) in [4.78, 5) is 19.9. The lowest BCUT2D eigenvalue weighted by molar-refractivity contribution is 0.652. The molecule has 4 rings (SSSR count). The lowest BCUT2D eigenvalue weighted by Crippen LogP contribution is -2.27. The molecule has 7 heteroatoms. The highest BCUT2D eigenvalue weighted by Gasteiger charge is 2.30. The molecular formula is C17H26N6O. The van der Waals surface area contributed by atoms with Gasteiger partial charge in [0.15, 0.2) is 11.6 Å². The number of hydrogen-bond donors (Lipinski definition) is 1. The molecule has 2 aromatic heterocycles. The molecule has 0 saturated heterocycles. The minimum Gasteiger partial charge on any atom is -0.360 e. The van der Waals surface area contributed by atoms with E-state index in [1.54, 1.807) is 4.57 Å². The first kappa shape index (κ1) is 15.5. The number of aromatic nitrogens is 4. The van der Waals surface area contributed by atoms with E-state index in [1.807, 2.05) is 4.52 Å². The van der Waals surface area contributed by atoms with Crippen molar-refractivity contribution >= 4 is 17.3 Å². The van der Waals surface area contributed by atoms with Gasteiger partial charge in [-0.1, -0.05) is 26.7 Å². The summed E-state index contributed by atoms with van der Waals surface area (Å²) in [7, 11) is 0. The Morgan fingerprint density at radius 2 is 1.92 bits per heavy atom. The third-order valence-electron chi connectivity index (χ3n) is 5.14. The standard InChI is InChI=1S/C17H26N6O/c1-3-9-21-11-18-13-15(21)23-17(22(10-4-2)16(13)24)19-14(20-23)12-7-5-6-8-12/h12,18H,3-11H2,1-2H3. The summed E-state index contributed by atoms with van der Waals surface area (Å²) in [5.41, 5.74) is 0.704. The van der Waals surface area contributed by atoms with Crippen molar-refractivity contribution in [2.45, 2.75) is 64.8 Å². The van der Waals surface area contributed by atoms with Crippen LogP contribution in [0.3, 0.4) is 0 Å². The number of hydrogen-bond acceptors (Lipinski definition) is 5. The fraction of sp³-hybridized carbons (Fsp3) is 0.706. The molecule has 0 amide bonds. The van der Waals surface area contributed by atoms with E-state index in [1.165, 1.54) is 12.8 Å². The SMILES string of the molecule is CCCN1CNc2c1n1nc(C3CCCC3)nc1n(CCC)c2=O. The summed E-state index contributed by atoms with van der Waals surface area (Å²) >= 11 is 0. The second-order valence-electron chi connectivity index (χ2n) is 6.92. The van der Waals surface area contributed by atoms with Crippen molar-refractivity contribution in [1.29, 1.82) is 0 Å². The van der Waals surface area contributed by atoms with Crippen LogP contribution in [0.15, 0.2) is 4.79 Å². The van der Waals surface area contributed by atoms with E-state index in [9.17, 15) is 4.79 Å². The summed E-state index contributed by atoms with van der Waals surface area (Å²) in [6.07, 6.45) is 6.76. The van der Waals surface area contributed by atoms with Crippen molar-refractivity contribution < 1.29 is 0 Å². The topological polar surface area (TPSA) is 67.5 Å². The molecule has 24 heavy (non-hydrogen) atoms. The molecule has 2 aromatic rings. The van der Waals surface area contributed by atoms with Crippen LogP contribution in [0.4, 0.5) is 11.5 Å². The number of anilines is 2. The van der Waals surface area contributed by atoms with Gasteiger partial charge in [0.25, 0.3) is 5.56 Å². The zero-order valence-electron chi connectivity index (χ0n) is 14.6. The summed E-state index contributed by atoms with van der Waals surface area (Å²) in [5, 5.41) is 8.12. The Balaban J connectivity index is 1.93. The van der Waals surface area contributed by atoms with Gasteiger partial charge in [-0.3, -0.25) is 9.36 Å². The first-order chi connectivity index (χ1) is 11.7. The van der Waals surface area contributed by atoms with Crippen LogP contribution in [0.1, 0.15) is 64.1 Å². The lowest BCUT2D eigenvalue weighted by atomic mass is 10.1. The van der Waals surface area contributed by atoms with Crippen LogP contribution < -0.4 is 15.8 Å². The Kier molecular flexibility index (Phi) is 3.94. The predicted molar refractivity (Wildman–Crippen MR) is 94.9 cm³/mol. The third kappa shape index (κ3) is 2.29. The van der Waals surface area contributed by atoms with E-state index in [2.05, 4.69) is 24.1 Å². The minimum absolute atomic E-state index is 0.0309. The van der Waals surface area contributed by atoms with E-state index in [4.69, 9.17) is 10.1 Å². The highest BCUT2D eigenvalue weighted by molar-refractivity contribution is 5.72. The molecule has 3 heterocycles. The van der Waals surface area contributed by atoms with E-state index in [-0.39, 0.29) is 5.56 Å². The molecular weight excluding hydrogens is 304 g/mol. The van der Waals surface area contributed by atoms with E-state index in [0.717, 1.165) is 43.9 Å². The monoisotopic (exact) mass is 330 g/mol. The van der Waals surface area contributed by atoms with E-state index < -0.39 is 0 Å². The fourth-order valence-electron chi connectivity index (χ4n) is 4.00. The Morgan fingerprint density at radius 1 is 1.17 bits per heavy atom. The minimum atomic E-state index is 0.0309. The first-order valence-electron chi connectivity index (χ1n) is 9.26. The number of nitrogens with one attached hydrogen (secondary N) is 1. The van der Waals surface area contributed by atoms with Gasteiger partial charge in [-0.25, -0.2) is 0 Å². The zero-order valence-corrected chi connectivity index (χ0v) is 14.6. The Bertz CT molecular complexity index is 801. The molecule has 1 N–H and O–H groups in total. The quantitative estimate of drug-likeness (QED) is 0.912. The average Bonchev–Trinajstić information content (AvgIpc) is 3.29. The second kappa shape index (κ2) is 6.11. The van der Waals surface area contributed by atoms with Gasteiger partial charge in [0.2, 0.25) is 5.78 Å². The Morgan fingerprint density at radius 3 is 2.62 bits per heavy atom. The molecule has 0 atom stereocenters. The van der Waals surface area contributed by atoms with Gasteiger partial charge in [-0.15, -0.1) is 5.10 Å². The van der Waals surface area contributed by atoms with Gasteiger partial charge in [0, 0.05) is 19.0 Å². The van der Waals surface area contributed by atoms with Crippen LogP contribution >= 0.6 is 0 Å². The van der Waals surface area contributed by atoms with Gasteiger partial charge < -0.3 is 10.2 Å². The van der Waals surface area contributed by atoms with Crippen LogP contribution in [0.25, 0.3) is 5.78 Å². The average molecular weight is 330 g/mol. The van der Waals surface area contributed by atoms with Gasteiger partial charge in [-0.05, 0) is 25.7 Å². The third-order valence-corrected chi connectivity index (χ3v) is 5.14. The Hall–Kier alpha value is -2.05. The van der Waals surface area contributed by atoms with Crippen LogP contribution in [-0.4, -0.2) is 32.4 Å². The van der Waals surface area contributed by atoms with Crippen molar-refractivity contribution in [2.75, 3.05) is 23.4 Å². The summed E-state index contributed by atoms with van der Waals surface area (Å²) < 4.78 is 3.70. The Labute approximate surface area is 141 Å². The molecule has 2 aliphatic rings. The molecule has 0 radical (unpaired) electrons. The van der Waals surface area contributed by atoms with Gasteiger partial charge in [0.05, 0.1) is 6.67 Å². The molecule has 1 aliphatic heterocycles. The number of aryl methyl sites for hydroxylation is 1. The summed E-state index contributed by atoms with van der Waals surface area (Å²) in [5.74, 6) is 2.95. The van der Waals surface area contributed by atoms with Crippen LogP contribution in [0.5, 0.6) is 0 Å². The maximum atomic E-state index is 12.9. The van der Waals surface area contributed by atoms with Crippen LogP contribution in [0, 0.1) is 0 Å². The van der Waals surface area contributed by atoms with Gasteiger partial charge in [-0.2, -0.15) is 9.50 Å². The molecule has 0 unspecified atom stereocenters. The van der Waals surface area contributed by atoms with Crippen LogP contribution in [-0.2, 0) is 6.54 Å². The second-order valence-corrected chi connectivity index (χ2v) is 6.92. The predicted octanol–water partition coefficient (Wildman–Crippen LogP) is 2.56. The number of nitrogens with zero attached hydrogens (tertiary/aromatic N) is 5. The van der Waals surface area contributed by atoms with Crippen molar-refractivity contribution in [3.8, 4) is 0 Å². The molecule has 1 fully saturated rings. The van der Waals surface area contributed by atoms with Crippen molar-refractivity contribution in [3.63, 3.8) is 0 Å². The lowest BCUT2D eigenvalue weighted by Gasteiger charge is -2.17. The van der Waals surface area contributed by atoms with Gasteiger partial charge >= 0.3 is 0 Å². The molecule has 0 aromatic carbocycles.